The predicted octanol–water partition coefficient (Wildman–Crippen LogP) is 4.38. The van der Waals surface area contributed by atoms with Gasteiger partial charge in [-0.25, -0.2) is 0 Å². The summed E-state index contributed by atoms with van der Waals surface area (Å²) >= 11 is 0. The maximum atomic E-state index is 11.4. The molecule has 4 rings (SSSR count). The average Bonchev–Trinajstić information content (AvgIpc) is 2.98. The number of aliphatic hydroxyl groups excluding tert-OH is 4. The van der Waals surface area contributed by atoms with E-state index in [1.54, 1.807) is 0 Å². The van der Waals surface area contributed by atoms with E-state index in [9.17, 15) is 20.4 Å². The molecule has 0 aliphatic heterocycles. The molecule has 0 amide bonds. The second-order valence-corrected chi connectivity index (χ2v) is 13.0. The first-order chi connectivity index (χ1) is 14.5. The number of fused-ring (bicyclic) bond motifs is 5. The molecule has 4 nitrogen and oxygen atoms in total. The third-order valence-corrected chi connectivity index (χ3v) is 11.1. The molecule has 31 heavy (non-hydrogen) atoms. The molecule has 0 bridgehead atoms. The van der Waals surface area contributed by atoms with E-state index in [0.717, 1.165) is 44.9 Å². The molecule has 0 saturated heterocycles. The summed E-state index contributed by atoms with van der Waals surface area (Å²) < 4.78 is 0. The van der Waals surface area contributed by atoms with Crippen LogP contribution in [0.5, 0.6) is 0 Å². The lowest BCUT2D eigenvalue weighted by Gasteiger charge is -2.62. The third kappa shape index (κ3) is 3.92. The van der Waals surface area contributed by atoms with Gasteiger partial charge in [0.05, 0.1) is 24.4 Å². The van der Waals surface area contributed by atoms with E-state index in [1.165, 1.54) is 12.8 Å². The van der Waals surface area contributed by atoms with Crippen LogP contribution in [0.25, 0.3) is 0 Å². The molecule has 12 atom stereocenters. The molecule has 4 aliphatic carbocycles. The van der Waals surface area contributed by atoms with Crippen LogP contribution in [0, 0.1) is 52.3 Å². The number of aliphatic hydroxyl groups is 4. The summed E-state index contributed by atoms with van der Waals surface area (Å²) in [4.78, 5) is 0. The number of rotatable bonds is 5. The summed E-state index contributed by atoms with van der Waals surface area (Å²) in [7, 11) is 0. The Morgan fingerprint density at radius 2 is 1.48 bits per heavy atom. The van der Waals surface area contributed by atoms with Gasteiger partial charge >= 0.3 is 0 Å². The van der Waals surface area contributed by atoms with Gasteiger partial charge in [-0.15, -0.1) is 0 Å². The lowest BCUT2D eigenvalue weighted by atomic mass is 9.43. The van der Waals surface area contributed by atoms with Crippen molar-refractivity contribution in [3.05, 3.63) is 0 Å². The van der Waals surface area contributed by atoms with Crippen LogP contribution in [0.3, 0.4) is 0 Å². The summed E-state index contributed by atoms with van der Waals surface area (Å²) in [6.45, 7) is 11.3. The minimum absolute atomic E-state index is 0.0910. The zero-order chi connectivity index (χ0) is 22.7. The Hall–Kier alpha value is -0.160. The van der Waals surface area contributed by atoms with E-state index in [0.29, 0.717) is 29.6 Å². The van der Waals surface area contributed by atoms with Gasteiger partial charge in [0, 0.05) is 0 Å². The Morgan fingerprint density at radius 3 is 2.16 bits per heavy atom. The van der Waals surface area contributed by atoms with Crippen molar-refractivity contribution in [2.45, 2.75) is 117 Å². The van der Waals surface area contributed by atoms with Crippen molar-refractivity contribution in [2.75, 3.05) is 0 Å². The molecule has 0 heterocycles. The summed E-state index contributed by atoms with van der Waals surface area (Å²) in [5.74, 6) is 2.70. The van der Waals surface area contributed by atoms with Crippen molar-refractivity contribution in [3.8, 4) is 0 Å². The molecule has 0 unspecified atom stereocenters. The van der Waals surface area contributed by atoms with Crippen LogP contribution in [-0.4, -0.2) is 44.8 Å². The SMILES string of the molecule is CC(C)[C@H](O)CC[C@@H](C)[C@H]1C[C@H](O)[C@@H]2[C@@H]3C[C@H](O)[C@H]4C[C@@H](O)CC[C@]4(C)[C@H]3CC[C@@]21C. The van der Waals surface area contributed by atoms with Crippen LogP contribution in [0.1, 0.15) is 92.4 Å². The van der Waals surface area contributed by atoms with Crippen LogP contribution < -0.4 is 0 Å². The van der Waals surface area contributed by atoms with E-state index in [2.05, 4.69) is 34.6 Å². The molecule has 0 aromatic heterocycles. The Bertz CT molecular complexity index is 637. The summed E-state index contributed by atoms with van der Waals surface area (Å²) in [6.07, 6.45) is 7.36. The van der Waals surface area contributed by atoms with Crippen molar-refractivity contribution in [2.24, 2.45) is 52.3 Å². The largest absolute Gasteiger partial charge is 0.393 e. The first-order valence-electron chi connectivity index (χ1n) is 13.2. The molecule has 4 fully saturated rings. The van der Waals surface area contributed by atoms with E-state index >= 15 is 0 Å². The van der Waals surface area contributed by atoms with Gasteiger partial charge in [-0.05, 0) is 110 Å². The first-order valence-corrected chi connectivity index (χ1v) is 13.2. The minimum atomic E-state index is -0.353. The second-order valence-electron chi connectivity index (χ2n) is 13.0. The smallest absolute Gasteiger partial charge is 0.0579 e. The van der Waals surface area contributed by atoms with Crippen LogP contribution in [0.4, 0.5) is 0 Å². The Balaban J connectivity index is 1.54. The molecule has 0 aromatic carbocycles. The molecular formula is C27H48O4. The van der Waals surface area contributed by atoms with Crippen molar-refractivity contribution < 1.29 is 20.4 Å². The quantitative estimate of drug-likeness (QED) is 0.515. The summed E-state index contributed by atoms with van der Waals surface area (Å²) in [6, 6.07) is 0. The molecular weight excluding hydrogens is 388 g/mol. The molecule has 4 N–H and O–H groups in total. The van der Waals surface area contributed by atoms with Gasteiger partial charge < -0.3 is 20.4 Å². The zero-order valence-electron chi connectivity index (χ0n) is 20.5. The first kappa shape index (κ1) is 24.0. The standard InChI is InChI=1S/C27H48O4/c1-15(2)22(29)7-6-16(3)20-14-24(31)25-18-13-23(30)21-12-17(28)8-10-26(21,4)19(18)9-11-27(20,25)5/h15-25,28-31H,6-14H2,1-5H3/t16-,17+,18-,19+,20-,21-,22-,23+,24+,25+,26-,27-/m1/s1. The van der Waals surface area contributed by atoms with Gasteiger partial charge in [0.1, 0.15) is 0 Å². The summed E-state index contributed by atoms with van der Waals surface area (Å²) in [5, 5.41) is 43.1. The highest BCUT2D eigenvalue weighted by Crippen LogP contribution is 2.68. The van der Waals surface area contributed by atoms with Crippen molar-refractivity contribution in [3.63, 3.8) is 0 Å². The van der Waals surface area contributed by atoms with Crippen molar-refractivity contribution in [1.29, 1.82) is 0 Å². The van der Waals surface area contributed by atoms with Crippen LogP contribution in [0.2, 0.25) is 0 Å². The van der Waals surface area contributed by atoms with Gasteiger partial charge in [-0.1, -0.05) is 34.6 Å². The Labute approximate surface area is 189 Å². The Morgan fingerprint density at radius 1 is 0.806 bits per heavy atom. The third-order valence-electron chi connectivity index (χ3n) is 11.1. The van der Waals surface area contributed by atoms with Gasteiger partial charge in [0.15, 0.2) is 0 Å². The molecule has 0 radical (unpaired) electrons. The van der Waals surface area contributed by atoms with Gasteiger partial charge in [-0.2, -0.15) is 0 Å². The van der Waals surface area contributed by atoms with Crippen LogP contribution >= 0.6 is 0 Å². The lowest BCUT2D eigenvalue weighted by molar-refractivity contribution is -0.181. The highest BCUT2D eigenvalue weighted by atomic mass is 16.3. The fourth-order valence-electron chi connectivity index (χ4n) is 9.24. The fourth-order valence-corrected chi connectivity index (χ4v) is 9.24. The minimum Gasteiger partial charge on any atom is -0.393 e. The number of hydrogen-bond acceptors (Lipinski definition) is 4. The summed E-state index contributed by atoms with van der Waals surface area (Å²) in [5.41, 5.74) is 0.216. The second kappa shape index (κ2) is 8.56. The molecule has 4 heteroatoms. The molecule has 180 valence electrons. The van der Waals surface area contributed by atoms with E-state index in [1.807, 2.05) is 0 Å². The van der Waals surface area contributed by atoms with Gasteiger partial charge in [0.25, 0.3) is 0 Å². The highest BCUT2D eigenvalue weighted by molar-refractivity contribution is 5.13. The maximum Gasteiger partial charge on any atom is 0.0579 e. The van der Waals surface area contributed by atoms with E-state index in [-0.39, 0.29) is 47.1 Å². The number of hydrogen-bond donors (Lipinski definition) is 4. The van der Waals surface area contributed by atoms with Crippen LogP contribution in [-0.2, 0) is 0 Å². The fraction of sp³-hybridized carbons (Fsp3) is 1.00. The maximum absolute atomic E-state index is 11.4. The zero-order valence-corrected chi connectivity index (χ0v) is 20.5. The highest BCUT2D eigenvalue weighted by Gasteiger charge is 2.64. The molecule has 0 spiro atoms. The van der Waals surface area contributed by atoms with Gasteiger partial charge in [-0.3, -0.25) is 0 Å². The Kier molecular flexibility index (Phi) is 6.62. The normalized spacial score (nSPS) is 51.7. The molecule has 4 saturated carbocycles. The topological polar surface area (TPSA) is 80.9 Å². The van der Waals surface area contributed by atoms with Crippen molar-refractivity contribution in [1.82, 2.24) is 0 Å². The van der Waals surface area contributed by atoms with Crippen LogP contribution in [0.15, 0.2) is 0 Å². The van der Waals surface area contributed by atoms with E-state index < -0.39 is 0 Å². The lowest BCUT2D eigenvalue weighted by Crippen LogP contribution is -2.59. The van der Waals surface area contributed by atoms with Gasteiger partial charge in [0.2, 0.25) is 0 Å². The molecule has 4 aliphatic rings. The van der Waals surface area contributed by atoms with Crippen molar-refractivity contribution >= 4 is 0 Å². The predicted molar refractivity (Wildman–Crippen MR) is 123 cm³/mol. The molecule has 0 aromatic rings. The van der Waals surface area contributed by atoms with E-state index in [4.69, 9.17) is 0 Å². The monoisotopic (exact) mass is 436 g/mol. The average molecular weight is 437 g/mol.